The molecule has 0 radical (unpaired) electrons. The first-order valence-corrected chi connectivity index (χ1v) is 5.82. The van der Waals surface area contributed by atoms with E-state index in [4.69, 9.17) is 5.11 Å². The molecule has 0 aromatic carbocycles. The lowest BCUT2D eigenvalue weighted by atomic mass is 10.3. The molecule has 18 heavy (non-hydrogen) atoms. The van der Waals surface area contributed by atoms with E-state index in [0.29, 0.717) is 13.1 Å². The average molecular weight is 254 g/mol. The molecule has 0 aliphatic rings. The highest BCUT2D eigenvalue weighted by molar-refractivity contribution is 5.79. The Kier molecular flexibility index (Phi) is 5.16. The van der Waals surface area contributed by atoms with E-state index in [1.807, 2.05) is 20.0 Å². The van der Waals surface area contributed by atoms with Gasteiger partial charge in [0.05, 0.1) is 12.7 Å². The van der Waals surface area contributed by atoms with Crippen molar-refractivity contribution in [3.05, 3.63) is 18.0 Å². The van der Waals surface area contributed by atoms with E-state index in [1.54, 1.807) is 10.9 Å². The SMILES string of the molecule is CCN(Cc1cnn(CC)c1)C(=O)NCC(=O)O. The number of carbonyl (C=O) groups excluding carboxylic acids is 1. The van der Waals surface area contributed by atoms with E-state index in [2.05, 4.69) is 10.4 Å². The normalized spacial score (nSPS) is 10.1. The molecule has 100 valence electrons. The molecule has 1 rings (SSSR count). The maximum atomic E-state index is 11.7. The first-order chi connectivity index (χ1) is 8.56. The maximum absolute atomic E-state index is 11.7. The molecule has 1 aromatic heterocycles. The second-order valence-electron chi connectivity index (χ2n) is 3.77. The number of carbonyl (C=O) groups is 2. The van der Waals surface area contributed by atoms with Gasteiger partial charge in [-0.25, -0.2) is 4.79 Å². The van der Waals surface area contributed by atoms with Crippen LogP contribution < -0.4 is 5.32 Å². The van der Waals surface area contributed by atoms with Crippen LogP contribution in [0.25, 0.3) is 0 Å². The number of hydrogen-bond acceptors (Lipinski definition) is 3. The van der Waals surface area contributed by atoms with Crippen LogP contribution in [-0.2, 0) is 17.9 Å². The Morgan fingerprint density at radius 1 is 1.50 bits per heavy atom. The molecule has 2 N–H and O–H groups in total. The third-order valence-electron chi connectivity index (χ3n) is 2.44. The van der Waals surface area contributed by atoms with E-state index < -0.39 is 5.97 Å². The van der Waals surface area contributed by atoms with Gasteiger partial charge in [-0.15, -0.1) is 0 Å². The van der Waals surface area contributed by atoms with Crippen molar-refractivity contribution in [2.24, 2.45) is 0 Å². The summed E-state index contributed by atoms with van der Waals surface area (Å²) in [6.45, 7) is 5.14. The summed E-state index contributed by atoms with van der Waals surface area (Å²) in [5.74, 6) is -1.06. The monoisotopic (exact) mass is 254 g/mol. The quantitative estimate of drug-likeness (QED) is 0.774. The summed E-state index contributed by atoms with van der Waals surface area (Å²) in [5, 5.41) is 14.9. The van der Waals surface area contributed by atoms with Crippen molar-refractivity contribution < 1.29 is 14.7 Å². The highest BCUT2D eigenvalue weighted by Gasteiger charge is 2.13. The first-order valence-electron chi connectivity index (χ1n) is 5.82. The minimum absolute atomic E-state index is 0.371. The molecule has 0 spiro atoms. The van der Waals surface area contributed by atoms with E-state index in [0.717, 1.165) is 12.1 Å². The fraction of sp³-hybridized carbons (Fsp3) is 0.545. The molecule has 1 aromatic rings. The standard InChI is InChI=1S/C11H18N4O3/c1-3-14(11(18)12-6-10(16)17)7-9-5-13-15(4-2)8-9/h5,8H,3-4,6-7H2,1-2H3,(H,12,18)(H,16,17). The molecule has 0 unspecified atom stereocenters. The maximum Gasteiger partial charge on any atom is 0.323 e. The Hall–Kier alpha value is -2.05. The summed E-state index contributed by atoms with van der Waals surface area (Å²) in [4.78, 5) is 23.6. The smallest absolute Gasteiger partial charge is 0.323 e. The molecule has 0 fully saturated rings. The Morgan fingerprint density at radius 2 is 2.22 bits per heavy atom. The van der Waals surface area contributed by atoms with Gasteiger partial charge < -0.3 is 15.3 Å². The number of nitrogens with one attached hydrogen (secondary N) is 1. The fourth-order valence-electron chi connectivity index (χ4n) is 1.47. The van der Waals surface area contributed by atoms with Crippen LogP contribution in [-0.4, -0.2) is 44.9 Å². The molecule has 0 atom stereocenters. The molecule has 1 heterocycles. The lowest BCUT2D eigenvalue weighted by molar-refractivity contribution is -0.135. The molecule has 7 heteroatoms. The van der Waals surface area contributed by atoms with Crippen LogP contribution >= 0.6 is 0 Å². The fourth-order valence-corrected chi connectivity index (χ4v) is 1.47. The van der Waals surface area contributed by atoms with Crippen molar-refractivity contribution >= 4 is 12.0 Å². The third kappa shape index (κ3) is 4.08. The van der Waals surface area contributed by atoms with Gasteiger partial charge in [0.25, 0.3) is 0 Å². The number of carboxylic acid groups (broad SMARTS) is 1. The Labute approximate surface area is 105 Å². The Balaban J connectivity index is 2.55. The van der Waals surface area contributed by atoms with Gasteiger partial charge in [0.1, 0.15) is 6.54 Å². The van der Waals surface area contributed by atoms with Crippen molar-refractivity contribution in [3.8, 4) is 0 Å². The van der Waals surface area contributed by atoms with Gasteiger partial charge in [-0.2, -0.15) is 5.10 Å². The summed E-state index contributed by atoms with van der Waals surface area (Å²) in [5.41, 5.74) is 0.921. The van der Waals surface area contributed by atoms with Gasteiger partial charge in [-0.1, -0.05) is 0 Å². The van der Waals surface area contributed by atoms with Gasteiger partial charge in [-0.05, 0) is 13.8 Å². The molecular formula is C11H18N4O3. The van der Waals surface area contributed by atoms with Gasteiger partial charge in [0.2, 0.25) is 0 Å². The summed E-state index contributed by atoms with van der Waals surface area (Å²) < 4.78 is 1.78. The van der Waals surface area contributed by atoms with E-state index >= 15 is 0 Å². The zero-order chi connectivity index (χ0) is 13.5. The number of aromatic nitrogens is 2. The molecule has 0 aliphatic carbocycles. The second-order valence-corrected chi connectivity index (χ2v) is 3.77. The van der Waals surface area contributed by atoms with Crippen LogP contribution in [0.1, 0.15) is 19.4 Å². The van der Waals surface area contributed by atoms with Crippen molar-refractivity contribution in [3.63, 3.8) is 0 Å². The summed E-state index contributed by atoms with van der Waals surface area (Å²) in [7, 11) is 0. The number of hydrogen-bond donors (Lipinski definition) is 2. The molecule has 2 amide bonds. The minimum Gasteiger partial charge on any atom is -0.480 e. The second kappa shape index (κ2) is 6.63. The lowest BCUT2D eigenvalue weighted by Gasteiger charge is -2.20. The Morgan fingerprint density at radius 3 is 2.72 bits per heavy atom. The van der Waals surface area contributed by atoms with E-state index in [-0.39, 0.29) is 12.6 Å². The average Bonchev–Trinajstić information content (AvgIpc) is 2.80. The van der Waals surface area contributed by atoms with Crippen molar-refractivity contribution in [2.75, 3.05) is 13.1 Å². The third-order valence-corrected chi connectivity index (χ3v) is 2.44. The van der Waals surface area contributed by atoms with Crippen LogP contribution in [0.2, 0.25) is 0 Å². The predicted molar refractivity (Wildman–Crippen MR) is 65.0 cm³/mol. The van der Waals surface area contributed by atoms with Gasteiger partial charge in [0, 0.05) is 24.8 Å². The van der Waals surface area contributed by atoms with Crippen LogP contribution in [0.4, 0.5) is 4.79 Å². The highest BCUT2D eigenvalue weighted by Crippen LogP contribution is 2.03. The van der Waals surface area contributed by atoms with Gasteiger partial charge in [-0.3, -0.25) is 9.48 Å². The van der Waals surface area contributed by atoms with E-state index in [9.17, 15) is 9.59 Å². The number of rotatable bonds is 6. The first kappa shape index (κ1) is 14.0. The van der Waals surface area contributed by atoms with Crippen molar-refractivity contribution in [1.29, 1.82) is 0 Å². The van der Waals surface area contributed by atoms with Crippen LogP contribution in [0.5, 0.6) is 0 Å². The summed E-state index contributed by atoms with van der Waals surface area (Å²) in [6, 6.07) is -0.385. The number of amides is 2. The van der Waals surface area contributed by atoms with Crippen LogP contribution in [0.3, 0.4) is 0 Å². The number of aryl methyl sites for hydroxylation is 1. The zero-order valence-corrected chi connectivity index (χ0v) is 10.6. The molecular weight excluding hydrogens is 236 g/mol. The number of carboxylic acids is 1. The summed E-state index contributed by atoms with van der Waals surface area (Å²) in [6.07, 6.45) is 3.57. The largest absolute Gasteiger partial charge is 0.480 e. The minimum atomic E-state index is -1.06. The van der Waals surface area contributed by atoms with Crippen molar-refractivity contribution in [1.82, 2.24) is 20.0 Å². The Bertz CT molecular complexity index is 416. The zero-order valence-electron chi connectivity index (χ0n) is 10.6. The predicted octanol–water partition coefficient (Wildman–Crippen LogP) is 0.519. The lowest BCUT2D eigenvalue weighted by Crippen LogP contribution is -2.41. The van der Waals surface area contributed by atoms with Gasteiger partial charge >= 0.3 is 12.0 Å². The molecule has 7 nitrogen and oxygen atoms in total. The topological polar surface area (TPSA) is 87.5 Å². The van der Waals surface area contributed by atoms with Crippen LogP contribution in [0, 0.1) is 0 Å². The van der Waals surface area contributed by atoms with Crippen LogP contribution in [0.15, 0.2) is 12.4 Å². The molecule has 0 bridgehead atoms. The van der Waals surface area contributed by atoms with Crippen molar-refractivity contribution in [2.45, 2.75) is 26.9 Å². The molecule has 0 saturated heterocycles. The summed E-state index contributed by atoms with van der Waals surface area (Å²) >= 11 is 0. The highest BCUT2D eigenvalue weighted by atomic mass is 16.4. The number of aliphatic carboxylic acids is 1. The van der Waals surface area contributed by atoms with Gasteiger partial charge in [0.15, 0.2) is 0 Å². The molecule has 0 aliphatic heterocycles. The van der Waals surface area contributed by atoms with E-state index in [1.165, 1.54) is 4.90 Å². The number of urea groups is 1. The number of nitrogens with zero attached hydrogens (tertiary/aromatic N) is 3. The molecule has 0 saturated carbocycles.